The number of halogens is 1. The summed E-state index contributed by atoms with van der Waals surface area (Å²) in [6.07, 6.45) is 0. The zero-order chi connectivity index (χ0) is 17.8. The number of hydrogen-bond donors (Lipinski definition) is 0. The van der Waals surface area contributed by atoms with Crippen LogP contribution in [0.25, 0.3) is 0 Å². The van der Waals surface area contributed by atoms with Gasteiger partial charge in [-0.25, -0.2) is 0 Å². The largest absolute Gasteiger partial charge is 0.407 e. The molecule has 0 N–H and O–H groups in total. The average Bonchev–Trinajstić information content (AvgIpc) is 2.56. The third-order valence-corrected chi connectivity index (χ3v) is 10.3. The predicted octanol–water partition coefficient (Wildman–Crippen LogP) is 5.11. The molecule has 2 aromatic rings. The minimum Gasteiger partial charge on any atom is -0.407 e. The van der Waals surface area contributed by atoms with E-state index >= 15 is 0 Å². The Morgan fingerprint density at radius 1 is 1.00 bits per heavy atom. The fraction of sp³-hybridized carbons (Fsp3) is 0.333. The van der Waals surface area contributed by atoms with Crippen LogP contribution in [0.4, 0.5) is 0 Å². The molecular weight excluding hydrogens is 376 g/mol. The Labute approximate surface area is 156 Å². The molecule has 0 spiro atoms. The third kappa shape index (κ3) is 3.90. The first-order valence-electron chi connectivity index (χ1n) is 8.38. The van der Waals surface area contributed by atoms with Crippen LogP contribution >= 0.6 is 15.9 Å². The molecule has 2 aromatic carbocycles. The van der Waals surface area contributed by atoms with Crippen molar-refractivity contribution in [2.24, 2.45) is 5.92 Å². The first-order chi connectivity index (χ1) is 11.3. The minimum atomic E-state index is -2.42. The van der Waals surface area contributed by atoms with Crippen LogP contribution < -0.4 is 10.4 Å². The van der Waals surface area contributed by atoms with Crippen molar-refractivity contribution in [2.45, 2.75) is 32.7 Å². The molecule has 128 valence electrons. The molecule has 0 fully saturated rings. The van der Waals surface area contributed by atoms with Crippen molar-refractivity contribution >= 4 is 34.6 Å². The van der Waals surface area contributed by atoms with Crippen molar-refractivity contribution in [2.75, 3.05) is 6.61 Å². The zero-order valence-electron chi connectivity index (χ0n) is 15.1. The molecule has 0 aliphatic heterocycles. The number of hydrogen-bond acceptors (Lipinski definition) is 1. The normalized spacial score (nSPS) is 13.5. The Morgan fingerprint density at radius 2 is 1.42 bits per heavy atom. The van der Waals surface area contributed by atoms with E-state index in [9.17, 15) is 0 Å². The van der Waals surface area contributed by atoms with E-state index in [0.717, 1.165) is 4.48 Å². The van der Waals surface area contributed by atoms with E-state index in [1.807, 2.05) is 0 Å². The molecule has 0 aliphatic carbocycles. The first-order valence-corrected chi connectivity index (χ1v) is 11.1. The van der Waals surface area contributed by atoms with Crippen LogP contribution in [0, 0.1) is 5.92 Å². The molecule has 0 saturated heterocycles. The second kappa shape index (κ2) is 7.81. The van der Waals surface area contributed by atoms with E-state index in [1.165, 1.54) is 10.4 Å². The summed E-state index contributed by atoms with van der Waals surface area (Å²) >= 11 is 3.51. The summed E-state index contributed by atoms with van der Waals surface area (Å²) in [7, 11) is -2.42. The van der Waals surface area contributed by atoms with Gasteiger partial charge in [-0.3, -0.25) is 0 Å². The SMILES string of the molecule is C=C(Br)[C@@H](C)CO[Si](c1ccccc1)(c1ccccc1)C(C)(C)C. The van der Waals surface area contributed by atoms with Crippen LogP contribution in [0.2, 0.25) is 5.04 Å². The van der Waals surface area contributed by atoms with E-state index in [0.29, 0.717) is 6.61 Å². The monoisotopic (exact) mass is 402 g/mol. The number of benzene rings is 2. The van der Waals surface area contributed by atoms with Gasteiger partial charge >= 0.3 is 0 Å². The van der Waals surface area contributed by atoms with E-state index in [-0.39, 0.29) is 11.0 Å². The molecule has 0 aromatic heterocycles. The third-order valence-electron chi connectivity index (χ3n) is 4.50. The maximum atomic E-state index is 6.84. The first kappa shape index (κ1) is 19.2. The van der Waals surface area contributed by atoms with Crippen LogP contribution in [-0.4, -0.2) is 14.9 Å². The van der Waals surface area contributed by atoms with E-state index in [4.69, 9.17) is 4.43 Å². The van der Waals surface area contributed by atoms with Crippen molar-refractivity contribution in [3.8, 4) is 0 Å². The summed E-state index contributed by atoms with van der Waals surface area (Å²) in [5.74, 6) is 0.270. The lowest BCUT2D eigenvalue weighted by Crippen LogP contribution is -2.66. The number of rotatable bonds is 6. The smallest absolute Gasteiger partial charge is 0.261 e. The van der Waals surface area contributed by atoms with Gasteiger partial charge < -0.3 is 4.43 Å². The van der Waals surface area contributed by atoms with Gasteiger partial charge in [0.2, 0.25) is 0 Å². The lowest BCUT2D eigenvalue weighted by atomic mass is 10.2. The summed E-state index contributed by atoms with van der Waals surface area (Å²) in [5.41, 5.74) is 0. The molecule has 0 amide bonds. The highest BCUT2D eigenvalue weighted by Gasteiger charge is 2.50. The summed E-state index contributed by atoms with van der Waals surface area (Å²) in [5, 5.41) is 2.65. The highest BCUT2D eigenvalue weighted by molar-refractivity contribution is 9.11. The van der Waals surface area contributed by atoms with Gasteiger partial charge in [-0.1, -0.05) is 111 Å². The van der Waals surface area contributed by atoms with E-state index in [2.05, 4.69) is 111 Å². The Bertz CT molecular complexity index is 622. The molecule has 0 unspecified atom stereocenters. The Morgan fingerprint density at radius 3 is 1.75 bits per heavy atom. The highest BCUT2D eigenvalue weighted by atomic mass is 79.9. The quantitative estimate of drug-likeness (QED) is 0.610. The van der Waals surface area contributed by atoms with E-state index in [1.54, 1.807) is 0 Å². The fourth-order valence-electron chi connectivity index (χ4n) is 3.10. The van der Waals surface area contributed by atoms with Crippen molar-refractivity contribution in [3.05, 3.63) is 71.7 Å². The van der Waals surface area contributed by atoms with Gasteiger partial charge in [-0.15, -0.1) is 0 Å². The molecule has 1 atom stereocenters. The van der Waals surface area contributed by atoms with Gasteiger partial charge in [0.25, 0.3) is 8.32 Å². The van der Waals surface area contributed by atoms with E-state index < -0.39 is 8.32 Å². The van der Waals surface area contributed by atoms with Gasteiger partial charge in [0.15, 0.2) is 0 Å². The van der Waals surface area contributed by atoms with Gasteiger partial charge in [0.1, 0.15) is 0 Å². The Balaban J connectivity index is 2.59. The van der Waals surface area contributed by atoms with Crippen LogP contribution in [0.1, 0.15) is 27.7 Å². The summed E-state index contributed by atoms with van der Waals surface area (Å²) < 4.78 is 7.82. The average molecular weight is 403 g/mol. The zero-order valence-corrected chi connectivity index (χ0v) is 17.6. The second-order valence-electron chi connectivity index (χ2n) is 7.32. The maximum absolute atomic E-state index is 6.84. The van der Waals surface area contributed by atoms with Crippen LogP contribution in [-0.2, 0) is 4.43 Å². The maximum Gasteiger partial charge on any atom is 0.261 e. The molecule has 1 nitrogen and oxygen atoms in total. The van der Waals surface area contributed by atoms with Crippen molar-refractivity contribution in [1.29, 1.82) is 0 Å². The van der Waals surface area contributed by atoms with Crippen molar-refractivity contribution < 1.29 is 4.43 Å². The van der Waals surface area contributed by atoms with Crippen molar-refractivity contribution in [1.82, 2.24) is 0 Å². The van der Waals surface area contributed by atoms with Gasteiger partial charge in [0, 0.05) is 12.5 Å². The molecule has 0 aliphatic rings. The molecule has 24 heavy (non-hydrogen) atoms. The second-order valence-corrected chi connectivity index (χ2v) is 12.6. The summed E-state index contributed by atoms with van der Waals surface area (Å²) in [6.45, 7) is 13.7. The summed E-state index contributed by atoms with van der Waals surface area (Å²) in [6, 6.07) is 21.5. The van der Waals surface area contributed by atoms with Gasteiger partial charge in [-0.05, 0) is 19.9 Å². The molecule has 2 rings (SSSR count). The topological polar surface area (TPSA) is 9.23 Å². The standard InChI is InChI=1S/C21H27BrOSi/c1-17(18(2)22)16-23-24(21(3,4)5,19-12-8-6-9-13-19)20-14-10-7-11-15-20/h6-15,17H,2,16H2,1,3-5H3/t17-/m0/s1. The molecule has 0 bridgehead atoms. The lowest BCUT2D eigenvalue weighted by Gasteiger charge is -2.43. The molecule has 3 heteroatoms. The molecule has 0 saturated carbocycles. The molecule has 0 heterocycles. The van der Waals surface area contributed by atoms with Crippen LogP contribution in [0.5, 0.6) is 0 Å². The fourth-order valence-corrected chi connectivity index (χ4v) is 7.89. The predicted molar refractivity (Wildman–Crippen MR) is 111 cm³/mol. The minimum absolute atomic E-state index is 0.0169. The van der Waals surface area contributed by atoms with Gasteiger partial charge in [-0.2, -0.15) is 0 Å². The van der Waals surface area contributed by atoms with Crippen LogP contribution in [0.3, 0.4) is 0 Å². The van der Waals surface area contributed by atoms with Gasteiger partial charge in [0.05, 0.1) is 0 Å². The Hall–Kier alpha value is -1.16. The lowest BCUT2D eigenvalue weighted by molar-refractivity contribution is 0.267. The molecular formula is C21H27BrOSi. The highest BCUT2D eigenvalue weighted by Crippen LogP contribution is 2.37. The Kier molecular flexibility index (Phi) is 6.24. The summed E-state index contributed by atoms with van der Waals surface area (Å²) in [4.78, 5) is 0. The molecule has 0 radical (unpaired) electrons. The van der Waals surface area contributed by atoms with Crippen LogP contribution in [0.15, 0.2) is 71.7 Å². The van der Waals surface area contributed by atoms with Crippen molar-refractivity contribution in [3.63, 3.8) is 0 Å².